The van der Waals surface area contributed by atoms with E-state index in [4.69, 9.17) is 0 Å². The second-order valence-corrected chi connectivity index (χ2v) is 6.65. The van der Waals surface area contributed by atoms with Crippen LogP contribution in [0, 0.1) is 17.0 Å². The summed E-state index contributed by atoms with van der Waals surface area (Å²) >= 11 is 0. The zero-order valence-corrected chi connectivity index (χ0v) is 12.5. The Morgan fingerprint density at radius 2 is 2.00 bits per heavy atom. The van der Waals surface area contributed by atoms with Gasteiger partial charge in [0.05, 0.1) is 10.7 Å². The van der Waals surface area contributed by atoms with E-state index in [0.717, 1.165) is 0 Å². The number of anilines is 1. The van der Waals surface area contributed by atoms with E-state index in [9.17, 15) is 18.5 Å². The van der Waals surface area contributed by atoms with Crippen LogP contribution in [0.25, 0.3) is 0 Å². The summed E-state index contributed by atoms with van der Waals surface area (Å²) in [7, 11) is -3.30. The van der Waals surface area contributed by atoms with Crippen LogP contribution in [-0.4, -0.2) is 31.7 Å². The first-order valence-electron chi connectivity index (χ1n) is 6.20. The van der Waals surface area contributed by atoms with E-state index in [1.54, 1.807) is 32.9 Å². The van der Waals surface area contributed by atoms with Crippen LogP contribution < -0.4 is 10.0 Å². The molecule has 0 atom stereocenters. The Labute approximate surface area is 118 Å². The highest BCUT2D eigenvalue weighted by molar-refractivity contribution is 7.89. The molecular weight excluding hydrogens is 282 g/mol. The molecule has 112 valence electrons. The number of benzene rings is 1. The minimum absolute atomic E-state index is 0.0460. The van der Waals surface area contributed by atoms with Gasteiger partial charge in [0, 0.05) is 29.9 Å². The minimum atomic E-state index is -3.30. The van der Waals surface area contributed by atoms with Gasteiger partial charge in [-0.25, -0.2) is 13.1 Å². The first kappa shape index (κ1) is 16.4. The number of sulfonamides is 1. The summed E-state index contributed by atoms with van der Waals surface area (Å²) in [6.45, 7) is 5.38. The Balaban J connectivity index is 2.59. The molecule has 0 aromatic heterocycles. The molecule has 1 rings (SSSR count). The van der Waals surface area contributed by atoms with Crippen LogP contribution in [-0.2, 0) is 10.0 Å². The molecule has 0 fully saturated rings. The maximum atomic E-state index is 11.6. The van der Waals surface area contributed by atoms with Gasteiger partial charge >= 0.3 is 0 Å². The lowest BCUT2D eigenvalue weighted by Crippen LogP contribution is -2.34. The fraction of sp³-hybridized carbons (Fsp3) is 0.500. The van der Waals surface area contributed by atoms with Gasteiger partial charge in [-0.1, -0.05) is 0 Å². The minimum Gasteiger partial charge on any atom is -0.384 e. The average molecular weight is 301 g/mol. The zero-order valence-electron chi connectivity index (χ0n) is 11.7. The van der Waals surface area contributed by atoms with E-state index in [-0.39, 0.29) is 24.0 Å². The van der Waals surface area contributed by atoms with Crippen molar-refractivity contribution in [3.05, 3.63) is 33.9 Å². The van der Waals surface area contributed by atoms with Gasteiger partial charge in [0.25, 0.3) is 5.69 Å². The highest BCUT2D eigenvalue weighted by Crippen LogP contribution is 2.21. The zero-order chi connectivity index (χ0) is 15.3. The lowest BCUT2D eigenvalue weighted by Gasteiger charge is -2.11. The van der Waals surface area contributed by atoms with Gasteiger partial charge in [0.15, 0.2) is 0 Å². The summed E-state index contributed by atoms with van der Waals surface area (Å²) in [5.41, 5.74) is 1.24. The number of rotatable bonds is 7. The molecule has 8 heteroatoms. The molecule has 20 heavy (non-hydrogen) atoms. The van der Waals surface area contributed by atoms with E-state index in [1.165, 1.54) is 6.07 Å². The van der Waals surface area contributed by atoms with Crippen molar-refractivity contribution in [2.75, 3.05) is 17.6 Å². The highest BCUT2D eigenvalue weighted by Gasteiger charge is 2.12. The van der Waals surface area contributed by atoms with Gasteiger partial charge in [0.1, 0.15) is 0 Å². The van der Waals surface area contributed by atoms with Crippen molar-refractivity contribution in [2.24, 2.45) is 0 Å². The standard InChI is InChI=1S/C12H19N3O4S/c1-9(2)14-20(18,19)7-6-13-11-4-5-12(15(16)17)10(3)8-11/h4-5,8-9,13-14H,6-7H2,1-3H3. The molecule has 0 saturated heterocycles. The third kappa shape index (κ3) is 5.14. The molecule has 0 heterocycles. The molecule has 0 aliphatic rings. The summed E-state index contributed by atoms with van der Waals surface area (Å²) in [6.07, 6.45) is 0. The Kier molecular flexibility index (Phi) is 5.46. The molecule has 0 saturated carbocycles. The van der Waals surface area contributed by atoms with Crippen molar-refractivity contribution in [1.82, 2.24) is 4.72 Å². The third-order valence-corrected chi connectivity index (χ3v) is 4.08. The summed E-state index contributed by atoms with van der Waals surface area (Å²) in [5.74, 6) is -0.0544. The Morgan fingerprint density at radius 3 is 2.50 bits per heavy atom. The summed E-state index contributed by atoms with van der Waals surface area (Å²) in [4.78, 5) is 10.2. The van der Waals surface area contributed by atoms with Crippen molar-refractivity contribution >= 4 is 21.4 Å². The monoisotopic (exact) mass is 301 g/mol. The molecule has 0 spiro atoms. The molecule has 2 N–H and O–H groups in total. The fourth-order valence-electron chi connectivity index (χ4n) is 1.72. The first-order chi connectivity index (χ1) is 9.21. The third-order valence-electron chi connectivity index (χ3n) is 2.51. The largest absolute Gasteiger partial charge is 0.384 e. The molecule has 1 aromatic carbocycles. The van der Waals surface area contributed by atoms with Crippen molar-refractivity contribution in [3.8, 4) is 0 Å². The fourth-order valence-corrected chi connectivity index (χ4v) is 2.92. The highest BCUT2D eigenvalue weighted by atomic mass is 32.2. The van der Waals surface area contributed by atoms with E-state index < -0.39 is 14.9 Å². The van der Waals surface area contributed by atoms with Crippen LogP contribution in [0.1, 0.15) is 19.4 Å². The predicted octanol–water partition coefficient (Wildman–Crippen LogP) is 1.64. The van der Waals surface area contributed by atoms with Crippen LogP contribution in [0.3, 0.4) is 0 Å². The predicted molar refractivity (Wildman–Crippen MR) is 78.4 cm³/mol. The number of nitrogens with one attached hydrogen (secondary N) is 2. The summed E-state index contributed by atoms with van der Waals surface area (Å²) < 4.78 is 25.7. The van der Waals surface area contributed by atoms with Crippen LogP contribution in [0.5, 0.6) is 0 Å². The summed E-state index contributed by atoms with van der Waals surface area (Å²) in [6, 6.07) is 4.45. The topological polar surface area (TPSA) is 101 Å². The number of nitro benzene ring substituents is 1. The Hall–Kier alpha value is -1.67. The quantitative estimate of drug-likeness (QED) is 0.589. The second-order valence-electron chi connectivity index (χ2n) is 4.78. The molecule has 0 radical (unpaired) electrons. The number of nitrogens with zero attached hydrogens (tertiary/aromatic N) is 1. The lowest BCUT2D eigenvalue weighted by atomic mass is 10.2. The molecule has 0 bridgehead atoms. The second kappa shape index (κ2) is 6.67. The average Bonchev–Trinajstić information content (AvgIpc) is 2.26. The van der Waals surface area contributed by atoms with Crippen LogP contribution in [0.4, 0.5) is 11.4 Å². The van der Waals surface area contributed by atoms with Crippen molar-refractivity contribution in [3.63, 3.8) is 0 Å². The van der Waals surface area contributed by atoms with Gasteiger partial charge in [-0.05, 0) is 32.9 Å². The Morgan fingerprint density at radius 1 is 1.35 bits per heavy atom. The van der Waals surface area contributed by atoms with Crippen LogP contribution >= 0.6 is 0 Å². The molecule has 0 unspecified atom stereocenters. The first-order valence-corrected chi connectivity index (χ1v) is 7.85. The van der Waals surface area contributed by atoms with Gasteiger partial charge in [-0.2, -0.15) is 0 Å². The lowest BCUT2D eigenvalue weighted by molar-refractivity contribution is -0.385. The molecule has 1 aromatic rings. The Bertz CT molecular complexity index is 584. The van der Waals surface area contributed by atoms with E-state index >= 15 is 0 Å². The van der Waals surface area contributed by atoms with Crippen molar-refractivity contribution in [1.29, 1.82) is 0 Å². The van der Waals surface area contributed by atoms with Crippen molar-refractivity contribution in [2.45, 2.75) is 26.8 Å². The molecule has 0 amide bonds. The van der Waals surface area contributed by atoms with E-state index in [1.807, 2.05) is 0 Å². The smallest absolute Gasteiger partial charge is 0.272 e. The summed E-state index contributed by atoms with van der Waals surface area (Å²) in [5, 5.41) is 13.6. The van der Waals surface area contributed by atoms with Crippen molar-refractivity contribution < 1.29 is 13.3 Å². The number of hydrogen-bond donors (Lipinski definition) is 2. The number of nitro groups is 1. The molecule has 7 nitrogen and oxygen atoms in total. The normalized spacial score (nSPS) is 11.6. The van der Waals surface area contributed by atoms with Gasteiger partial charge in [0.2, 0.25) is 10.0 Å². The van der Waals surface area contributed by atoms with Crippen LogP contribution in [0.15, 0.2) is 18.2 Å². The molecule has 0 aliphatic heterocycles. The SMILES string of the molecule is Cc1cc(NCCS(=O)(=O)NC(C)C)ccc1[N+](=O)[O-]. The number of hydrogen-bond acceptors (Lipinski definition) is 5. The van der Waals surface area contributed by atoms with E-state index in [2.05, 4.69) is 10.0 Å². The van der Waals surface area contributed by atoms with E-state index in [0.29, 0.717) is 11.3 Å². The maximum Gasteiger partial charge on any atom is 0.272 e. The molecule has 0 aliphatic carbocycles. The van der Waals surface area contributed by atoms with Gasteiger partial charge < -0.3 is 5.32 Å². The van der Waals surface area contributed by atoms with Gasteiger partial charge in [-0.3, -0.25) is 10.1 Å². The van der Waals surface area contributed by atoms with Gasteiger partial charge in [-0.15, -0.1) is 0 Å². The number of aryl methyl sites for hydroxylation is 1. The van der Waals surface area contributed by atoms with Crippen LogP contribution in [0.2, 0.25) is 0 Å². The molecular formula is C12H19N3O4S. The maximum absolute atomic E-state index is 11.6.